The number of nitrogens with zero attached hydrogens (tertiary/aromatic N) is 3. The number of para-hydroxylation sites is 1. The third kappa shape index (κ3) is 2.53. The zero-order valence-corrected chi connectivity index (χ0v) is 11.7. The van der Waals surface area contributed by atoms with Crippen molar-refractivity contribution < 1.29 is 13.9 Å². The Morgan fingerprint density at radius 2 is 1.86 bits per heavy atom. The lowest BCUT2D eigenvalue weighted by Crippen LogP contribution is -2.11. The second-order valence-electron chi connectivity index (χ2n) is 4.60. The van der Waals surface area contributed by atoms with Crippen LogP contribution in [-0.4, -0.2) is 20.9 Å². The maximum absolute atomic E-state index is 12.1. The van der Waals surface area contributed by atoms with Crippen molar-refractivity contribution in [2.45, 2.75) is 13.5 Å². The second kappa shape index (κ2) is 5.32. The fraction of sp³-hybridized carbons (Fsp3) is 0.143. The number of hydrogen-bond acceptors (Lipinski definition) is 8. The molecule has 0 atom stereocenters. The third-order valence-corrected chi connectivity index (χ3v) is 3.08. The van der Waals surface area contributed by atoms with Gasteiger partial charge in [-0.05, 0) is 13.0 Å². The van der Waals surface area contributed by atoms with Crippen LogP contribution in [0.3, 0.4) is 0 Å². The highest BCUT2D eigenvalue weighted by Crippen LogP contribution is 2.25. The van der Waals surface area contributed by atoms with Gasteiger partial charge in [0.2, 0.25) is 17.7 Å². The standard InChI is InChI=1S/C14H13N5O3/c1-7-8-4-2-3-5-9(8)22-11(7)12(20)21-6-10-17-13(15)19-14(16)18-10/h2-5H,6H2,1H3,(H4,15,16,17,18,19). The smallest absolute Gasteiger partial charge is 0.375 e. The van der Waals surface area contributed by atoms with E-state index in [0.717, 1.165) is 10.9 Å². The van der Waals surface area contributed by atoms with Gasteiger partial charge in [-0.25, -0.2) is 4.79 Å². The number of carbonyl (C=O) groups excluding carboxylic acids is 1. The molecule has 2 heterocycles. The van der Waals surface area contributed by atoms with Crippen molar-refractivity contribution in [3.05, 3.63) is 41.4 Å². The Labute approximate surface area is 125 Å². The van der Waals surface area contributed by atoms with Crippen molar-refractivity contribution in [3.63, 3.8) is 0 Å². The van der Waals surface area contributed by atoms with E-state index in [9.17, 15) is 4.79 Å². The highest BCUT2D eigenvalue weighted by molar-refractivity contribution is 5.95. The summed E-state index contributed by atoms with van der Waals surface area (Å²) in [7, 11) is 0. The number of nitrogens with two attached hydrogens (primary N) is 2. The molecular weight excluding hydrogens is 286 g/mol. The summed E-state index contributed by atoms with van der Waals surface area (Å²) < 4.78 is 10.7. The highest BCUT2D eigenvalue weighted by atomic mass is 16.5. The van der Waals surface area contributed by atoms with Crippen LogP contribution in [0, 0.1) is 6.92 Å². The van der Waals surface area contributed by atoms with Crippen LogP contribution in [0.15, 0.2) is 28.7 Å². The molecule has 112 valence electrons. The van der Waals surface area contributed by atoms with E-state index in [4.69, 9.17) is 20.6 Å². The summed E-state index contributed by atoms with van der Waals surface area (Å²) in [6.45, 7) is 1.62. The molecule has 0 aliphatic carbocycles. The summed E-state index contributed by atoms with van der Waals surface area (Å²) in [6, 6.07) is 7.36. The van der Waals surface area contributed by atoms with E-state index < -0.39 is 5.97 Å². The Kier molecular flexibility index (Phi) is 3.34. The van der Waals surface area contributed by atoms with Crippen LogP contribution in [0.1, 0.15) is 21.9 Å². The van der Waals surface area contributed by atoms with E-state index in [2.05, 4.69) is 15.0 Å². The minimum absolute atomic E-state index is 0.0292. The van der Waals surface area contributed by atoms with Gasteiger partial charge in [0, 0.05) is 10.9 Å². The average molecular weight is 299 g/mol. The monoisotopic (exact) mass is 299 g/mol. The molecular formula is C14H13N5O3. The number of nitrogen functional groups attached to an aromatic ring is 2. The SMILES string of the molecule is Cc1c(C(=O)OCc2nc(N)nc(N)n2)oc2ccccc12. The predicted octanol–water partition coefficient (Wildman–Crippen LogP) is 1.45. The van der Waals surface area contributed by atoms with E-state index in [1.165, 1.54) is 0 Å². The summed E-state index contributed by atoms with van der Waals surface area (Å²) in [5.41, 5.74) is 12.2. The van der Waals surface area contributed by atoms with Gasteiger partial charge in [-0.1, -0.05) is 18.2 Å². The first-order valence-electron chi connectivity index (χ1n) is 6.46. The Morgan fingerprint density at radius 3 is 2.55 bits per heavy atom. The number of esters is 1. The minimum Gasteiger partial charge on any atom is -0.452 e. The van der Waals surface area contributed by atoms with E-state index in [-0.39, 0.29) is 30.1 Å². The molecule has 0 spiro atoms. The number of carbonyl (C=O) groups is 1. The Morgan fingerprint density at radius 1 is 1.18 bits per heavy atom. The Bertz CT molecular complexity index is 839. The van der Waals surface area contributed by atoms with Crippen LogP contribution in [-0.2, 0) is 11.3 Å². The van der Waals surface area contributed by atoms with Gasteiger partial charge in [-0.3, -0.25) is 0 Å². The van der Waals surface area contributed by atoms with Crippen LogP contribution in [0.2, 0.25) is 0 Å². The Hall–Kier alpha value is -3.16. The van der Waals surface area contributed by atoms with Crippen molar-refractivity contribution in [1.29, 1.82) is 0 Å². The molecule has 0 aliphatic heterocycles. The van der Waals surface area contributed by atoms with Crippen molar-refractivity contribution >= 4 is 28.8 Å². The number of furan rings is 1. The number of aromatic nitrogens is 3. The first-order valence-corrected chi connectivity index (χ1v) is 6.46. The number of rotatable bonds is 3. The van der Waals surface area contributed by atoms with Gasteiger partial charge < -0.3 is 20.6 Å². The number of fused-ring (bicyclic) bond motifs is 1. The third-order valence-electron chi connectivity index (χ3n) is 3.08. The van der Waals surface area contributed by atoms with E-state index in [1.54, 1.807) is 13.0 Å². The molecule has 0 aliphatic rings. The average Bonchev–Trinajstić information content (AvgIpc) is 2.82. The lowest BCUT2D eigenvalue weighted by molar-refractivity contribution is 0.0427. The molecule has 2 aromatic heterocycles. The number of ether oxygens (including phenoxy) is 1. The van der Waals surface area contributed by atoms with Crippen LogP contribution < -0.4 is 11.5 Å². The topological polar surface area (TPSA) is 130 Å². The number of anilines is 2. The first-order chi connectivity index (χ1) is 10.5. The normalized spacial score (nSPS) is 10.8. The van der Waals surface area contributed by atoms with Crippen molar-refractivity contribution in [2.24, 2.45) is 0 Å². The molecule has 8 nitrogen and oxygen atoms in total. The molecule has 0 saturated carbocycles. The zero-order chi connectivity index (χ0) is 15.7. The minimum atomic E-state index is -0.605. The molecule has 22 heavy (non-hydrogen) atoms. The van der Waals surface area contributed by atoms with E-state index in [0.29, 0.717) is 5.58 Å². The molecule has 1 aromatic carbocycles. The second-order valence-corrected chi connectivity index (χ2v) is 4.60. The molecule has 8 heteroatoms. The van der Waals surface area contributed by atoms with Crippen molar-refractivity contribution in [2.75, 3.05) is 11.5 Å². The maximum atomic E-state index is 12.1. The predicted molar refractivity (Wildman–Crippen MR) is 78.7 cm³/mol. The summed E-state index contributed by atoms with van der Waals surface area (Å²) in [5.74, 6) is -0.341. The summed E-state index contributed by atoms with van der Waals surface area (Å²) in [6.07, 6.45) is 0. The largest absolute Gasteiger partial charge is 0.452 e. The molecule has 0 bridgehead atoms. The van der Waals surface area contributed by atoms with Gasteiger partial charge in [0.25, 0.3) is 0 Å². The van der Waals surface area contributed by atoms with Gasteiger partial charge >= 0.3 is 5.97 Å². The first kappa shape index (κ1) is 13.8. The molecule has 0 fully saturated rings. The number of aryl methyl sites for hydroxylation is 1. The van der Waals surface area contributed by atoms with Gasteiger partial charge in [-0.15, -0.1) is 0 Å². The van der Waals surface area contributed by atoms with Crippen LogP contribution in [0.5, 0.6) is 0 Å². The number of hydrogen-bond donors (Lipinski definition) is 2. The van der Waals surface area contributed by atoms with Gasteiger partial charge in [0.1, 0.15) is 5.58 Å². The zero-order valence-electron chi connectivity index (χ0n) is 11.7. The molecule has 0 amide bonds. The fourth-order valence-corrected chi connectivity index (χ4v) is 2.09. The molecule has 3 aromatic rings. The Balaban J connectivity index is 1.80. The van der Waals surface area contributed by atoms with Crippen LogP contribution >= 0.6 is 0 Å². The van der Waals surface area contributed by atoms with Gasteiger partial charge in [0.05, 0.1) is 0 Å². The molecule has 3 rings (SSSR count). The fourth-order valence-electron chi connectivity index (χ4n) is 2.09. The van der Waals surface area contributed by atoms with Crippen LogP contribution in [0.4, 0.5) is 11.9 Å². The molecule has 0 unspecified atom stereocenters. The van der Waals surface area contributed by atoms with Crippen molar-refractivity contribution in [1.82, 2.24) is 15.0 Å². The molecule has 0 radical (unpaired) electrons. The maximum Gasteiger partial charge on any atom is 0.375 e. The molecule has 4 N–H and O–H groups in total. The summed E-state index contributed by atoms with van der Waals surface area (Å²) in [5, 5.41) is 0.864. The highest BCUT2D eigenvalue weighted by Gasteiger charge is 2.19. The van der Waals surface area contributed by atoms with Gasteiger partial charge in [-0.2, -0.15) is 15.0 Å². The van der Waals surface area contributed by atoms with E-state index >= 15 is 0 Å². The van der Waals surface area contributed by atoms with Crippen molar-refractivity contribution in [3.8, 4) is 0 Å². The van der Waals surface area contributed by atoms with E-state index in [1.807, 2.05) is 18.2 Å². The quantitative estimate of drug-likeness (QED) is 0.695. The molecule has 0 saturated heterocycles. The lowest BCUT2D eigenvalue weighted by atomic mass is 10.1. The lowest BCUT2D eigenvalue weighted by Gasteiger charge is -2.03. The van der Waals surface area contributed by atoms with Gasteiger partial charge in [0.15, 0.2) is 12.4 Å². The summed E-state index contributed by atoms with van der Waals surface area (Å²) in [4.78, 5) is 23.4. The van der Waals surface area contributed by atoms with Crippen LogP contribution in [0.25, 0.3) is 11.0 Å². The summed E-state index contributed by atoms with van der Waals surface area (Å²) >= 11 is 0. The number of benzene rings is 1.